The van der Waals surface area contributed by atoms with Crippen LogP contribution in [-0.2, 0) is 4.79 Å². The number of amides is 2. The normalized spacial score (nSPS) is 13.9. The molecule has 5 nitrogen and oxygen atoms in total. The summed E-state index contributed by atoms with van der Waals surface area (Å²) >= 11 is 23.4. The second-order valence-electron chi connectivity index (χ2n) is 3.89. The molecule has 0 saturated heterocycles. The summed E-state index contributed by atoms with van der Waals surface area (Å²) in [5.41, 5.74) is -0.344. The molecule has 0 unspecified atom stereocenters. The maximum Gasteiger partial charge on any atom is 0.263 e. The Hall–Kier alpha value is -1.01. The fourth-order valence-electron chi connectivity index (χ4n) is 1.80. The molecule has 20 heavy (non-hydrogen) atoms. The van der Waals surface area contributed by atoms with Crippen LogP contribution in [0.25, 0.3) is 0 Å². The van der Waals surface area contributed by atoms with Gasteiger partial charge in [-0.3, -0.25) is 14.5 Å². The quantitative estimate of drug-likeness (QED) is 0.472. The van der Waals surface area contributed by atoms with Crippen LogP contribution >= 0.6 is 46.4 Å². The molecule has 1 aliphatic heterocycles. The third-order valence-electron chi connectivity index (χ3n) is 2.72. The first-order chi connectivity index (χ1) is 9.27. The molecule has 0 aromatic heterocycles. The second kappa shape index (κ2) is 5.41. The van der Waals surface area contributed by atoms with Crippen LogP contribution in [0.4, 0.5) is 0 Å². The van der Waals surface area contributed by atoms with Crippen molar-refractivity contribution in [2.45, 2.75) is 6.42 Å². The van der Waals surface area contributed by atoms with E-state index in [4.69, 9.17) is 46.4 Å². The summed E-state index contributed by atoms with van der Waals surface area (Å²) in [6.07, 6.45) is -0.498. The van der Waals surface area contributed by atoms with E-state index in [2.05, 4.69) is 0 Å². The first kappa shape index (κ1) is 15.4. The molecule has 9 heteroatoms. The summed E-state index contributed by atoms with van der Waals surface area (Å²) in [6.45, 7) is -0.351. The lowest BCUT2D eigenvalue weighted by molar-refractivity contribution is -0.305. The zero-order valence-electron chi connectivity index (χ0n) is 9.51. The molecule has 0 bridgehead atoms. The summed E-state index contributed by atoms with van der Waals surface area (Å²) in [5.74, 6) is -2.93. The van der Waals surface area contributed by atoms with Crippen molar-refractivity contribution in [3.05, 3.63) is 31.2 Å². The Morgan fingerprint density at radius 1 is 0.900 bits per heavy atom. The summed E-state index contributed by atoms with van der Waals surface area (Å²) in [7, 11) is 0. The number of carbonyl (C=O) groups excluding carboxylic acids is 3. The van der Waals surface area contributed by atoms with E-state index >= 15 is 0 Å². The van der Waals surface area contributed by atoms with Crippen molar-refractivity contribution in [1.29, 1.82) is 0 Å². The lowest BCUT2D eigenvalue weighted by Gasteiger charge is -2.13. The van der Waals surface area contributed by atoms with Crippen LogP contribution < -0.4 is 5.11 Å². The van der Waals surface area contributed by atoms with E-state index in [0.29, 0.717) is 4.90 Å². The smallest absolute Gasteiger partial charge is 0.263 e. The Labute approximate surface area is 133 Å². The number of aliphatic carboxylic acids is 1. The van der Waals surface area contributed by atoms with Gasteiger partial charge < -0.3 is 9.90 Å². The molecule has 2 rings (SSSR count). The highest BCUT2D eigenvalue weighted by molar-refractivity contribution is 6.55. The van der Waals surface area contributed by atoms with Crippen molar-refractivity contribution < 1.29 is 19.5 Å². The summed E-state index contributed by atoms with van der Waals surface area (Å²) in [6, 6.07) is 0. The van der Waals surface area contributed by atoms with Crippen LogP contribution in [-0.4, -0.2) is 29.2 Å². The monoisotopic (exact) mass is 354 g/mol. The Balaban J connectivity index is 2.54. The van der Waals surface area contributed by atoms with Gasteiger partial charge >= 0.3 is 0 Å². The number of carbonyl (C=O) groups is 3. The van der Waals surface area contributed by atoms with Crippen molar-refractivity contribution in [3.8, 4) is 0 Å². The van der Waals surface area contributed by atoms with E-state index in [9.17, 15) is 19.5 Å². The fourth-order valence-corrected chi connectivity index (χ4v) is 2.82. The molecule has 2 amide bonds. The van der Waals surface area contributed by atoms with Crippen LogP contribution in [0.1, 0.15) is 27.1 Å². The SMILES string of the molecule is O=C([O-])CCN1C(=O)c2c(Cl)c(Cl)c(Cl)c(Cl)c2C1=O. The number of imide groups is 1. The number of hydrogen-bond acceptors (Lipinski definition) is 4. The lowest BCUT2D eigenvalue weighted by atomic mass is 10.1. The molecule has 0 fully saturated rings. The largest absolute Gasteiger partial charge is 0.550 e. The molecule has 1 aliphatic rings. The second-order valence-corrected chi connectivity index (χ2v) is 5.40. The minimum atomic E-state index is -1.39. The Morgan fingerprint density at radius 2 is 1.30 bits per heavy atom. The van der Waals surface area contributed by atoms with Gasteiger partial charge in [-0.2, -0.15) is 0 Å². The molecule has 1 heterocycles. The molecule has 0 aliphatic carbocycles. The van der Waals surface area contributed by atoms with Gasteiger partial charge in [0.05, 0.1) is 31.2 Å². The molecular weight excluding hydrogens is 352 g/mol. The number of carboxylic acids is 1. The van der Waals surface area contributed by atoms with Crippen molar-refractivity contribution in [2.24, 2.45) is 0 Å². The van der Waals surface area contributed by atoms with Crippen LogP contribution in [0.5, 0.6) is 0 Å². The lowest BCUT2D eigenvalue weighted by Crippen LogP contribution is -2.35. The van der Waals surface area contributed by atoms with Gasteiger partial charge in [0.25, 0.3) is 11.8 Å². The summed E-state index contributed by atoms with van der Waals surface area (Å²) in [4.78, 5) is 35.3. The topological polar surface area (TPSA) is 77.5 Å². The van der Waals surface area contributed by atoms with E-state index in [1.165, 1.54) is 0 Å². The van der Waals surface area contributed by atoms with E-state index in [-0.39, 0.29) is 37.8 Å². The molecule has 0 saturated carbocycles. The maximum atomic E-state index is 12.1. The number of nitrogens with zero attached hydrogens (tertiary/aromatic N) is 1. The Morgan fingerprint density at radius 3 is 1.65 bits per heavy atom. The number of carboxylic acid groups (broad SMARTS) is 1. The molecule has 106 valence electrons. The van der Waals surface area contributed by atoms with Gasteiger partial charge in [-0.05, 0) is 0 Å². The minimum Gasteiger partial charge on any atom is -0.550 e. The number of hydrogen-bond donors (Lipinski definition) is 0. The Bertz CT molecular complexity index is 612. The number of rotatable bonds is 3. The predicted molar refractivity (Wildman–Crippen MR) is 71.5 cm³/mol. The minimum absolute atomic E-state index is 0.139. The zero-order chi connectivity index (χ0) is 15.2. The number of benzene rings is 1. The fraction of sp³-hybridized carbons (Fsp3) is 0.182. The first-order valence-corrected chi connectivity index (χ1v) is 6.70. The highest BCUT2D eigenvalue weighted by atomic mass is 35.5. The van der Waals surface area contributed by atoms with Gasteiger partial charge in [-0.1, -0.05) is 46.4 Å². The molecule has 1 aromatic carbocycles. The zero-order valence-corrected chi connectivity index (χ0v) is 12.5. The number of fused-ring (bicyclic) bond motifs is 1. The molecule has 0 radical (unpaired) electrons. The molecule has 0 N–H and O–H groups in total. The van der Waals surface area contributed by atoms with Gasteiger partial charge in [0, 0.05) is 18.9 Å². The molecule has 0 atom stereocenters. The summed E-state index contributed by atoms with van der Waals surface area (Å²) in [5, 5.41) is 9.77. The van der Waals surface area contributed by atoms with Crippen molar-refractivity contribution in [1.82, 2.24) is 4.90 Å². The first-order valence-electron chi connectivity index (χ1n) is 5.19. The van der Waals surface area contributed by atoms with E-state index in [0.717, 1.165) is 0 Å². The van der Waals surface area contributed by atoms with Gasteiger partial charge in [-0.15, -0.1) is 0 Å². The van der Waals surface area contributed by atoms with Crippen LogP contribution in [0, 0.1) is 0 Å². The van der Waals surface area contributed by atoms with Crippen LogP contribution in [0.2, 0.25) is 20.1 Å². The standard InChI is InChI=1S/C11H5Cl4NO4/c12-6-4-5(7(13)9(15)8(6)14)11(20)16(10(4)19)2-1-3(17)18/h1-2H2,(H,17,18)/p-1. The average Bonchev–Trinajstić information content (AvgIpc) is 2.63. The highest BCUT2D eigenvalue weighted by Gasteiger charge is 2.41. The van der Waals surface area contributed by atoms with Gasteiger partial charge in [-0.25, -0.2) is 0 Å². The van der Waals surface area contributed by atoms with E-state index < -0.39 is 24.2 Å². The maximum absolute atomic E-state index is 12.1. The molecule has 0 spiro atoms. The predicted octanol–water partition coefficient (Wildman–Crippen LogP) is 2.04. The van der Waals surface area contributed by atoms with Crippen molar-refractivity contribution in [2.75, 3.05) is 6.54 Å². The van der Waals surface area contributed by atoms with Crippen molar-refractivity contribution >= 4 is 64.2 Å². The average molecular weight is 356 g/mol. The third-order valence-corrected chi connectivity index (χ3v) is 4.53. The summed E-state index contributed by atoms with van der Waals surface area (Å²) < 4.78 is 0. The number of halogens is 4. The van der Waals surface area contributed by atoms with Crippen LogP contribution in [0.15, 0.2) is 0 Å². The van der Waals surface area contributed by atoms with E-state index in [1.807, 2.05) is 0 Å². The Kier molecular flexibility index (Phi) is 4.16. The van der Waals surface area contributed by atoms with E-state index in [1.54, 1.807) is 0 Å². The van der Waals surface area contributed by atoms with Crippen LogP contribution in [0.3, 0.4) is 0 Å². The molecular formula is C11H4Cl4NO4-. The van der Waals surface area contributed by atoms with Gasteiger partial charge in [0.1, 0.15) is 0 Å². The van der Waals surface area contributed by atoms with Gasteiger partial charge in [0.2, 0.25) is 0 Å². The molecule has 1 aromatic rings. The van der Waals surface area contributed by atoms with Gasteiger partial charge in [0.15, 0.2) is 0 Å². The third kappa shape index (κ3) is 2.24. The van der Waals surface area contributed by atoms with Crippen molar-refractivity contribution in [3.63, 3.8) is 0 Å². The highest BCUT2D eigenvalue weighted by Crippen LogP contribution is 2.44.